The Morgan fingerprint density at radius 3 is 2.83 bits per heavy atom. The van der Waals surface area contributed by atoms with Crippen molar-refractivity contribution in [2.75, 3.05) is 26.2 Å². The molecule has 4 nitrogen and oxygen atoms in total. The number of nitrogens with one attached hydrogen (secondary N) is 2. The molecule has 1 heterocycles. The van der Waals surface area contributed by atoms with Crippen molar-refractivity contribution < 1.29 is 9.90 Å². The third-order valence-electron chi connectivity index (χ3n) is 4.55. The van der Waals surface area contributed by atoms with E-state index in [1.165, 1.54) is 12.8 Å². The van der Waals surface area contributed by atoms with Crippen LogP contribution in [-0.4, -0.2) is 37.3 Å². The van der Waals surface area contributed by atoms with Crippen LogP contribution in [0.5, 0.6) is 0 Å². The molecule has 2 fully saturated rings. The van der Waals surface area contributed by atoms with E-state index in [2.05, 4.69) is 10.6 Å². The Labute approximate surface area is 110 Å². The van der Waals surface area contributed by atoms with Gasteiger partial charge in [0.15, 0.2) is 0 Å². The van der Waals surface area contributed by atoms with Gasteiger partial charge in [0.25, 0.3) is 0 Å². The summed E-state index contributed by atoms with van der Waals surface area (Å²) < 4.78 is 0. The summed E-state index contributed by atoms with van der Waals surface area (Å²) in [4.78, 5) is 11.8. The Morgan fingerprint density at radius 2 is 2.11 bits per heavy atom. The largest absolute Gasteiger partial charge is 0.396 e. The molecule has 1 saturated carbocycles. The van der Waals surface area contributed by atoms with Crippen molar-refractivity contribution in [3.05, 3.63) is 0 Å². The van der Waals surface area contributed by atoms with Gasteiger partial charge in [-0.3, -0.25) is 4.79 Å². The van der Waals surface area contributed by atoms with Gasteiger partial charge in [0.05, 0.1) is 0 Å². The van der Waals surface area contributed by atoms with Crippen LogP contribution in [0, 0.1) is 17.8 Å². The Bertz CT molecular complexity index is 265. The van der Waals surface area contributed by atoms with Gasteiger partial charge < -0.3 is 15.7 Å². The van der Waals surface area contributed by atoms with Crippen molar-refractivity contribution in [1.29, 1.82) is 0 Å². The summed E-state index contributed by atoms with van der Waals surface area (Å²) >= 11 is 0. The van der Waals surface area contributed by atoms with Crippen LogP contribution in [0.25, 0.3) is 0 Å². The van der Waals surface area contributed by atoms with Gasteiger partial charge in [-0.25, -0.2) is 0 Å². The molecule has 1 aliphatic heterocycles. The molecule has 0 aromatic heterocycles. The summed E-state index contributed by atoms with van der Waals surface area (Å²) in [5.41, 5.74) is 0. The molecule has 0 aromatic rings. The molecule has 3 atom stereocenters. The van der Waals surface area contributed by atoms with Gasteiger partial charge in [0.2, 0.25) is 5.91 Å². The standard InChI is InChI=1S/C14H26N2O2/c17-10-13-3-1-2-12(13)9-16-14(18)5-4-11-6-7-15-8-11/h11-13,15,17H,1-10H2,(H,16,18). The molecule has 4 heteroatoms. The summed E-state index contributed by atoms with van der Waals surface area (Å²) in [6.07, 6.45) is 6.33. The van der Waals surface area contributed by atoms with Crippen molar-refractivity contribution in [3.63, 3.8) is 0 Å². The molecule has 0 aromatic carbocycles. The van der Waals surface area contributed by atoms with Crippen LogP contribution in [0.15, 0.2) is 0 Å². The minimum Gasteiger partial charge on any atom is -0.396 e. The number of hydrogen-bond donors (Lipinski definition) is 3. The van der Waals surface area contributed by atoms with Crippen LogP contribution in [-0.2, 0) is 4.79 Å². The van der Waals surface area contributed by atoms with E-state index in [1.807, 2.05) is 0 Å². The second-order valence-corrected chi connectivity index (χ2v) is 5.84. The molecule has 1 amide bonds. The highest BCUT2D eigenvalue weighted by atomic mass is 16.3. The van der Waals surface area contributed by atoms with E-state index in [1.54, 1.807) is 0 Å². The van der Waals surface area contributed by atoms with Crippen molar-refractivity contribution in [1.82, 2.24) is 10.6 Å². The highest BCUT2D eigenvalue weighted by molar-refractivity contribution is 5.75. The number of aliphatic hydroxyl groups is 1. The molecule has 18 heavy (non-hydrogen) atoms. The predicted octanol–water partition coefficient (Wildman–Crippen LogP) is 0.901. The molecular formula is C14H26N2O2. The second-order valence-electron chi connectivity index (χ2n) is 5.84. The molecule has 0 spiro atoms. The zero-order chi connectivity index (χ0) is 12.8. The van der Waals surface area contributed by atoms with Crippen molar-refractivity contribution in [2.24, 2.45) is 17.8 Å². The third kappa shape index (κ3) is 3.95. The van der Waals surface area contributed by atoms with Gasteiger partial charge in [-0.15, -0.1) is 0 Å². The van der Waals surface area contributed by atoms with E-state index in [0.717, 1.165) is 38.9 Å². The Balaban J connectivity index is 1.59. The van der Waals surface area contributed by atoms with Gasteiger partial charge in [0, 0.05) is 19.6 Å². The monoisotopic (exact) mass is 254 g/mol. The Hall–Kier alpha value is -0.610. The van der Waals surface area contributed by atoms with Crippen molar-refractivity contribution in [3.8, 4) is 0 Å². The van der Waals surface area contributed by atoms with Gasteiger partial charge in [-0.05, 0) is 56.5 Å². The lowest BCUT2D eigenvalue weighted by Gasteiger charge is -2.18. The number of rotatable bonds is 6. The first-order valence-electron chi connectivity index (χ1n) is 7.38. The fourth-order valence-corrected chi connectivity index (χ4v) is 3.25. The summed E-state index contributed by atoms with van der Waals surface area (Å²) in [6, 6.07) is 0. The van der Waals surface area contributed by atoms with Gasteiger partial charge in [-0.2, -0.15) is 0 Å². The van der Waals surface area contributed by atoms with Crippen LogP contribution >= 0.6 is 0 Å². The normalized spacial score (nSPS) is 31.7. The first-order valence-corrected chi connectivity index (χ1v) is 7.38. The number of amides is 1. The fraction of sp³-hybridized carbons (Fsp3) is 0.929. The summed E-state index contributed by atoms with van der Waals surface area (Å²) in [5.74, 6) is 1.77. The summed E-state index contributed by atoms with van der Waals surface area (Å²) in [6.45, 7) is 3.20. The van der Waals surface area contributed by atoms with E-state index in [-0.39, 0.29) is 12.5 Å². The average molecular weight is 254 g/mol. The van der Waals surface area contributed by atoms with Crippen LogP contribution in [0.3, 0.4) is 0 Å². The SMILES string of the molecule is O=C(CCC1CCNC1)NCC1CCCC1CO. The van der Waals surface area contributed by atoms with Crippen molar-refractivity contribution >= 4 is 5.91 Å². The maximum atomic E-state index is 11.8. The van der Waals surface area contributed by atoms with Crippen molar-refractivity contribution in [2.45, 2.75) is 38.5 Å². The van der Waals surface area contributed by atoms with Crippen LogP contribution < -0.4 is 10.6 Å². The molecule has 0 radical (unpaired) electrons. The van der Waals surface area contributed by atoms with Gasteiger partial charge in [0.1, 0.15) is 0 Å². The zero-order valence-corrected chi connectivity index (χ0v) is 11.2. The lowest BCUT2D eigenvalue weighted by molar-refractivity contribution is -0.121. The molecule has 2 rings (SSSR count). The predicted molar refractivity (Wildman–Crippen MR) is 71.1 cm³/mol. The van der Waals surface area contributed by atoms with E-state index in [4.69, 9.17) is 0 Å². The number of aliphatic hydroxyl groups excluding tert-OH is 1. The minimum absolute atomic E-state index is 0.186. The van der Waals surface area contributed by atoms with Crippen LogP contribution in [0.1, 0.15) is 38.5 Å². The summed E-state index contributed by atoms with van der Waals surface area (Å²) in [5, 5.41) is 15.6. The Morgan fingerprint density at radius 1 is 1.28 bits per heavy atom. The lowest BCUT2D eigenvalue weighted by Crippen LogP contribution is -2.31. The van der Waals surface area contributed by atoms with Gasteiger partial charge >= 0.3 is 0 Å². The van der Waals surface area contributed by atoms with E-state index in [0.29, 0.717) is 24.2 Å². The highest BCUT2D eigenvalue weighted by Gasteiger charge is 2.26. The molecular weight excluding hydrogens is 228 g/mol. The fourth-order valence-electron chi connectivity index (χ4n) is 3.25. The highest BCUT2D eigenvalue weighted by Crippen LogP contribution is 2.30. The quantitative estimate of drug-likeness (QED) is 0.660. The first-order chi connectivity index (χ1) is 8.79. The molecule has 3 N–H and O–H groups in total. The minimum atomic E-state index is 0.186. The molecule has 0 bridgehead atoms. The number of carbonyl (C=O) groups is 1. The first kappa shape index (κ1) is 13.8. The van der Waals surface area contributed by atoms with E-state index >= 15 is 0 Å². The third-order valence-corrected chi connectivity index (χ3v) is 4.55. The molecule has 104 valence electrons. The van der Waals surface area contributed by atoms with Crippen LogP contribution in [0.2, 0.25) is 0 Å². The maximum Gasteiger partial charge on any atom is 0.220 e. The molecule has 1 aliphatic carbocycles. The van der Waals surface area contributed by atoms with E-state index in [9.17, 15) is 9.90 Å². The van der Waals surface area contributed by atoms with Gasteiger partial charge in [-0.1, -0.05) is 6.42 Å². The second kappa shape index (κ2) is 7.10. The number of carbonyl (C=O) groups excluding carboxylic acids is 1. The topological polar surface area (TPSA) is 61.4 Å². The Kier molecular flexibility index (Phi) is 5.45. The molecule has 3 unspecified atom stereocenters. The molecule has 1 saturated heterocycles. The van der Waals surface area contributed by atoms with Crippen LogP contribution in [0.4, 0.5) is 0 Å². The molecule has 2 aliphatic rings. The summed E-state index contributed by atoms with van der Waals surface area (Å²) in [7, 11) is 0. The number of hydrogen-bond acceptors (Lipinski definition) is 3. The zero-order valence-electron chi connectivity index (χ0n) is 11.2. The maximum absolute atomic E-state index is 11.8. The lowest BCUT2D eigenvalue weighted by atomic mass is 9.97. The van der Waals surface area contributed by atoms with E-state index < -0.39 is 0 Å². The smallest absolute Gasteiger partial charge is 0.220 e. The average Bonchev–Trinajstić information content (AvgIpc) is 3.04.